The van der Waals surface area contributed by atoms with Crippen molar-refractivity contribution in [2.24, 2.45) is 5.16 Å². The average molecular weight is 369 g/mol. The van der Waals surface area contributed by atoms with Gasteiger partial charge in [0.2, 0.25) is 14.1 Å². The van der Waals surface area contributed by atoms with Gasteiger partial charge in [0.15, 0.2) is 29.0 Å². The van der Waals surface area contributed by atoms with Gasteiger partial charge in [0.1, 0.15) is 6.61 Å². The van der Waals surface area contributed by atoms with Gasteiger partial charge < -0.3 is 9.26 Å². The lowest BCUT2D eigenvalue weighted by Crippen LogP contribution is -2.33. The Labute approximate surface area is 136 Å². The van der Waals surface area contributed by atoms with Crippen molar-refractivity contribution in [1.82, 2.24) is 0 Å². The summed E-state index contributed by atoms with van der Waals surface area (Å²) in [5, 5.41) is 3.38. The molecule has 24 heavy (non-hydrogen) atoms. The van der Waals surface area contributed by atoms with Crippen LogP contribution in [0.3, 0.4) is 0 Å². The van der Waals surface area contributed by atoms with E-state index >= 15 is 0 Å². The third-order valence-electron chi connectivity index (χ3n) is 2.65. The Kier molecular flexibility index (Phi) is 6.47. The van der Waals surface area contributed by atoms with E-state index in [-0.39, 0.29) is 12.1 Å². The lowest BCUT2D eigenvalue weighted by Gasteiger charge is -2.17. The number of hydrogen-bond acceptors (Lipinski definition) is 4. The minimum Gasteiger partial charge on any atom is -0.515 e. The van der Waals surface area contributed by atoms with Gasteiger partial charge in [-0.15, -0.1) is 0 Å². The predicted molar refractivity (Wildman–Crippen MR) is 78.2 cm³/mol. The highest BCUT2D eigenvalue weighted by atomic mass is 28.4. The number of hydrogen-bond donors (Lipinski definition) is 0. The van der Waals surface area contributed by atoms with Gasteiger partial charge in [-0.3, -0.25) is 0 Å². The zero-order valence-electron chi connectivity index (χ0n) is 13.5. The summed E-state index contributed by atoms with van der Waals surface area (Å²) in [5.74, 6) is -11.2. The number of rotatable bonds is 6. The van der Waals surface area contributed by atoms with Crippen molar-refractivity contribution in [2.75, 3.05) is 0 Å². The van der Waals surface area contributed by atoms with Crippen molar-refractivity contribution < 1.29 is 36.0 Å². The molecule has 1 rings (SSSR count). The van der Waals surface area contributed by atoms with E-state index in [1.54, 1.807) is 26.6 Å². The van der Waals surface area contributed by atoms with Gasteiger partial charge >= 0.3 is 5.97 Å². The van der Waals surface area contributed by atoms with E-state index in [9.17, 15) is 26.7 Å². The number of carbonyl (C=O) groups excluding carboxylic acids is 1. The molecule has 0 unspecified atom stereocenters. The molecule has 0 spiro atoms. The molecule has 4 nitrogen and oxygen atoms in total. The molecule has 0 fully saturated rings. The van der Waals surface area contributed by atoms with Gasteiger partial charge in [-0.1, -0.05) is 12.1 Å². The van der Waals surface area contributed by atoms with E-state index in [2.05, 4.69) is 9.99 Å². The third-order valence-corrected chi connectivity index (χ3v) is 3.45. The highest BCUT2D eigenvalue weighted by Crippen LogP contribution is 2.23. The Bertz CT molecular complexity index is 644. The highest BCUT2D eigenvalue weighted by molar-refractivity contribution is 6.72. The maximum absolute atomic E-state index is 13.5. The van der Waals surface area contributed by atoms with Gasteiger partial charge in [-0.25, -0.2) is 26.7 Å². The molecule has 0 N–H and O–H groups in total. The molecule has 134 valence electrons. The summed E-state index contributed by atoms with van der Waals surface area (Å²) in [6.07, 6.45) is 0.0976. The average Bonchev–Trinajstić information content (AvgIpc) is 2.48. The normalized spacial score (nSPS) is 12.3. The second-order valence-electron chi connectivity index (χ2n) is 5.72. The number of oxime groups is 1. The Morgan fingerprint density at radius 1 is 0.958 bits per heavy atom. The van der Waals surface area contributed by atoms with E-state index in [1.165, 1.54) is 0 Å². The fraction of sp³-hybridized carbons (Fsp3) is 0.429. The SMILES string of the molecule is CC/C(=N\OCc1c(F)c(F)c(F)c(F)c1F)C(=O)O[Si](C)(C)C. The second-order valence-corrected chi connectivity index (χ2v) is 10.1. The summed E-state index contributed by atoms with van der Waals surface area (Å²) in [7, 11) is -2.19. The zero-order valence-corrected chi connectivity index (χ0v) is 14.5. The summed E-state index contributed by atoms with van der Waals surface area (Å²) in [6, 6.07) is 0. The summed E-state index contributed by atoms with van der Waals surface area (Å²) < 4.78 is 71.1. The molecule has 0 saturated carbocycles. The topological polar surface area (TPSA) is 47.9 Å². The smallest absolute Gasteiger partial charge is 0.342 e. The lowest BCUT2D eigenvalue weighted by molar-refractivity contribution is -0.128. The first-order chi connectivity index (χ1) is 11.0. The molecule has 0 heterocycles. The molecule has 0 amide bonds. The lowest BCUT2D eigenvalue weighted by atomic mass is 10.2. The third kappa shape index (κ3) is 4.76. The maximum atomic E-state index is 13.5. The summed E-state index contributed by atoms with van der Waals surface area (Å²) in [5.41, 5.74) is -1.34. The summed E-state index contributed by atoms with van der Waals surface area (Å²) in [6.45, 7) is 5.80. The first kappa shape index (κ1) is 20.1. The van der Waals surface area contributed by atoms with Crippen LogP contribution in [0.5, 0.6) is 0 Å². The molecule has 0 aliphatic heterocycles. The van der Waals surface area contributed by atoms with Crippen LogP contribution in [0.4, 0.5) is 22.0 Å². The minimum absolute atomic E-state index is 0.0976. The predicted octanol–water partition coefficient (Wildman–Crippen LogP) is 4.04. The number of benzene rings is 1. The fourth-order valence-electron chi connectivity index (χ4n) is 1.53. The highest BCUT2D eigenvalue weighted by Gasteiger charge is 2.26. The van der Waals surface area contributed by atoms with Crippen LogP contribution in [-0.2, 0) is 20.7 Å². The molecule has 10 heteroatoms. The van der Waals surface area contributed by atoms with Crippen LogP contribution in [0, 0.1) is 29.1 Å². The number of carbonyl (C=O) groups is 1. The van der Waals surface area contributed by atoms with Crippen molar-refractivity contribution in [3.05, 3.63) is 34.6 Å². The summed E-state index contributed by atoms with van der Waals surface area (Å²) >= 11 is 0. The molecule has 0 aliphatic rings. The van der Waals surface area contributed by atoms with Gasteiger partial charge in [0, 0.05) is 0 Å². The monoisotopic (exact) mass is 369 g/mol. The van der Waals surface area contributed by atoms with Crippen molar-refractivity contribution in [3.63, 3.8) is 0 Å². The first-order valence-electron chi connectivity index (χ1n) is 6.92. The van der Waals surface area contributed by atoms with Crippen molar-refractivity contribution >= 4 is 20.0 Å². The van der Waals surface area contributed by atoms with Gasteiger partial charge in [-0.05, 0) is 26.1 Å². The fourth-order valence-corrected chi connectivity index (χ4v) is 2.21. The number of nitrogens with zero attached hydrogens (tertiary/aromatic N) is 1. The van der Waals surface area contributed by atoms with Gasteiger partial charge in [0.25, 0.3) is 0 Å². The van der Waals surface area contributed by atoms with Gasteiger partial charge in [-0.2, -0.15) is 0 Å². The second kappa shape index (κ2) is 7.73. The van der Waals surface area contributed by atoms with E-state index in [1.807, 2.05) is 0 Å². The van der Waals surface area contributed by atoms with E-state index in [0.29, 0.717) is 0 Å². The molecule has 1 aromatic carbocycles. The Balaban J connectivity index is 2.95. The molecule has 0 radical (unpaired) electrons. The standard InChI is InChI=1S/C14H16F5NO3Si/c1-5-8(14(21)23-24(2,3)4)20-22-6-7-9(15)11(17)13(19)12(18)10(7)16/h5-6H2,1-4H3/b20-8+. The van der Waals surface area contributed by atoms with Crippen molar-refractivity contribution in [2.45, 2.75) is 39.6 Å². The van der Waals surface area contributed by atoms with E-state index in [0.717, 1.165) is 0 Å². The molecule has 0 bridgehead atoms. The molecule has 0 saturated heterocycles. The largest absolute Gasteiger partial charge is 0.515 e. The van der Waals surface area contributed by atoms with Crippen LogP contribution < -0.4 is 0 Å². The number of halogens is 5. The van der Waals surface area contributed by atoms with Crippen LogP contribution in [0.15, 0.2) is 5.16 Å². The zero-order chi connectivity index (χ0) is 18.7. The molecule has 0 atom stereocenters. The van der Waals surface area contributed by atoms with Gasteiger partial charge in [0.05, 0.1) is 5.56 Å². The van der Waals surface area contributed by atoms with Crippen LogP contribution >= 0.6 is 0 Å². The van der Waals surface area contributed by atoms with Crippen LogP contribution in [0.25, 0.3) is 0 Å². The van der Waals surface area contributed by atoms with Crippen molar-refractivity contribution in [3.8, 4) is 0 Å². The first-order valence-corrected chi connectivity index (χ1v) is 10.3. The molecular formula is C14H16F5NO3Si. The van der Waals surface area contributed by atoms with Crippen LogP contribution in [-0.4, -0.2) is 20.0 Å². The quantitative estimate of drug-likeness (QED) is 0.190. The maximum Gasteiger partial charge on any atom is 0.342 e. The Morgan fingerprint density at radius 2 is 1.42 bits per heavy atom. The molecular weight excluding hydrogens is 353 g/mol. The molecule has 0 aliphatic carbocycles. The van der Waals surface area contributed by atoms with Crippen molar-refractivity contribution in [1.29, 1.82) is 0 Å². The van der Waals surface area contributed by atoms with Crippen LogP contribution in [0.1, 0.15) is 18.9 Å². The van der Waals surface area contributed by atoms with E-state index in [4.69, 9.17) is 4.43 Å². The minimum atomic E-state index is -2.26. The summed E-state index contributed by atoms with van der Waals surface area (Å²) in [4.78, 5) is 16.4. The van der Waals surface area contributed by atoms with E-state index < -0.39 is 55.5 Å². The van der Waals surface area contributed by atoms with Crippen LogP contribution in [0.2, 0.25) is 19.6 Å². The Morgan fingerprint density at radius 3 is 1.83 bits per heavy atom. The molecule has 0 aromatic heterocycles. The molecule has 1 aromatic rings. The Hall–Kier alpha value is -1.97.